The molecule has 0 aromatic heterocycles. The minimum atomic E-state index is -1.84. The Kier molecular flexibility index (Phi) is 4.88. The number of carbonyl (C=O) groups excluding carboxylic acids is 1. The van der Waals surface area contributed by atoms with Gasteiger partial charge in [0.05, 0.1) is 13.2 Å². The van der Waals surface area contributed by atoms with Crippen LogP contribution in [0.25, 0.3) is 0 Å². The Balaban J connectivity index is 2.32. The van der Waals surface area contributed by atoms with Crippen LogP contribution in [-0.2, 0) is 15.3 Å². The lowest BCUT2D eigenvalue weighted by molar-refractivity contribution is -0.152. The largest absolute Gasteiger partial charge is 0.493 e. The van der Waals surface area contributed by atoms with Gasteiger partial charge in [0.1, 0.15) is 6.07 Å². The van der Waals surface area contributed by atoms with Gasteiger partial charge in [-0.1, -0.05) is 0 Å². The molecule has 1 unspecified atom stereocenters. The quantitative estimate of drug-likeness (QED) is 0.662. The van der Waals surface area contributed by atoms with Gasteiger partial charge >= 0.3 is 5.97 Å². The molecule has 0 spiro atoms. The molecule has 1 aromatic rings. The summed E-state index contributed by atoms with van der Waals surface area (Å²) >= 11 is 0. The summed E-state index contributed by atoms with van der Waals surface area (Å²) in [6.07, 6.45) is 4.39. The molecular formula is C16H20N2O4. The van der Waals surface area contributed by atoms with E-state index in [1.807, 2.05) is 6.07 Å². The van der Waals surface area contributed by atoms with Crippen LogP contribution in [0.5, 0.6) is 11.5 Å². The van der Waals surface area contributed by atoms with Gasteiger partial charge in [-0.05, 0) is 43.9 Å². The first-order valence-electron chi connectivity index (χ1n) is 7.23. The number of hydrogen-bond acceptors (Lipinski definition) is 6. The normalized spacial score (nSPS) is 17.4. The van der Waals surface area contributed by atoms with Gasteiger partial charge in [0.15, 0.2) is 11.5 Å². The summed E-state index contributed by atoms with van der Waals surface area (Å²) in [5.74, 6) is 0.432. The Labute approximate surface area is 129 Å². The number of nitriles is 1. The van der Waals surface area contributed by atoms with E-state index in [4.69, 9.17) is 19.9 Å². The fourth-order valence-corrected chi connectivity index (χ4v) is 2.56. The summed E-state index contributed by atoms with van der Waals surface area (Å²) in [7, 11) is 1.54. The molecule has 0 heterocycles. The predicted molar refractivity (Wildman–Crippen MR) is 79.1 cm³/mol. The fraction of sp³-hybridized carbons (Fsp3) is 0.500. The highest BCUT2D eigenvalue weighted by atomic mass is 16.6. The Morgan fingerprint density at radius 2 is 2.05 bits per heavy atom. The van der Waals surface area contributed by atoms with Crippen LogP contribution in [-0.4, -0.2) is 19.2 Å². The lowest BCUT2D eigenvalue weighted by Crippen LogP contribution is -2.39. The number of carbonyl (C=O) groups is 1. The van der Waals surface area contributed by atoms with E-state index in [0.29, 0.717) is 17.1 Å². The first-order chi connectivity index (χ1) is 10.5. The molecule has 1 aliphatic rings. The van der Waals surface area contributed by atoms with Crippen molar-refractivity contribution in [3.05, 3.63) is 23.8 Å². The Hall–Kier alpha value is -2.26. The maximum atomic E-state index is 11.2. The molecule has 1 aliphatic carbocycles. The van der Waals surface area contributed by atoms with E-state index >= 15 is 0 Å². The third-order valence-corrected chi connectivity index (χ3v) is 3.66. The standard InChI is InChI=1S/C16H20N2O4/c1-11(19)22-16(18,10-17)12-7-8-14(20-2)15(9-12)21-13-5-3-4-6-13/h7-9,13H,3-6,18H2,1-2H3. The topological polar surface area (TPSA) is 94.6 Å². The lowest BCUT2D eigenvalue weighted by Gasteiger charge is -2.23. The van der Waals surface area contributed by atoms with Crippen molar-refractivity contribution >= 4 is 5.97 Å². The van der Waals surface area contributed by atoms with Gasteiger partial charge in [-0.25, -0.2) is 0 Å². The van der Waals surface area contributed by atoms with Gasteiger partial charge in [0.25, 0.3) is 5.72 Å². The highest BCUT2D eigenvalue weighted by molar-refractivity contribution is 5.67. The second-order valence-electron chi connectivity index (χ2n) is 5.33. The van der Waals surface area contributed by atoms with Crippen molar-refractivity contribution in [2.75, 3.05) is 7.11 Å². The number of nitrogens with two attached hydrogens (primary N) is 1. The summed E-state index contributed by atoms with van der Waals surface area (Å²) in [5.41, 5.74) is 4.39. The number of rotatable bonds is 5. The molecule has 1 fully saturated rings. The van der Waals surface area contributed by atoms with E-state index in [2.05, 4.69) is 0 Å². The van der Waals surface area contributed by atoms with Crippen molar-refractivity contribution < 1.29 is 19.0 Å². The molecular weight excluding hydrogens is 284 g/mol. The number of nitrogens with zero attached hydrogens (tertiary/aromatic N) is 1. The van der Waals surface area contributed by atoms with Gasteiger partial charge in [0, 0.05) is 12.5 Å². The van der Waals surface area contributed by atoms with Crippen LogP contribution in [0.1, 0.15) is 38.2 Å². The molecule has 2 rings (SSSR count). The number of methoxy groups -OCH3 is 1. The second-order valence-corrected chi connectivity index (χ2v) is 5.33. The van der Waals surface area contributed by atoms with Crippen LogP contribution in [0.4, 0.5) is 0 Å². The van der Waals surface area contributed by atoms with Crippen molar-refractivity contribution in [3.63, 3.8) is 0 Å². The summed E-state index contributed by atoms with van der Waals surface area (Å²) in [4.78, 5) is 11.2. The van der Waals surface area contributed by atoms with Crippen molar-refractivity contribution in [2.24, 2.45) is 5.73 Å². The lowest BCUT2D eigenvalue weighted by atomic mass is 10.0. The number of ether oxygens (including phenoxy) is 3. The van der Waals surface area contributed by atoms with Crippen LogP contribution in [0.2, 0.25) is 0 Å². The monoisotopic (exact) mass is 304 g/mol. The Morgan fingerprint density at radius 3 is 2.59 bits per heavy atom. The molecule has 118 valence electrons. The Bertz CT molecular complexity index is 590. The summed E-state index contributed by atoms with van der Waals surface area (Å²) < 4.78 is 16.2. The van der Waals surface area contributed by atoms with Gasteiger partial charge in [-0.2, -0.15) is 5.26 Å². The molecule has 0 bridgehead atoms. The van der Waals surface area contributed by atoms with Crippen LogP contribution >= 0.6 is 0 Å². The minimum absolute atomic E-state index is 0.132. The average Bonchev–Trinajstić information content (AvgIpc) is 2.99. The van der Waals surface area contributed by atoms with Gasteiger partial charge in [0.2, 0.25) is 0 Å². The molecule has 0 aliphatic heterocycles. The maximum Gasteiger partial charge on any atom is 0.305 e. The van der Waals surface area contributed by atoms with Crippen LogP contribution < -0.4 is 15.2 Å². The predicted octanol–water partition coefficient (Wildman–Crippen LogP) is 2.21. The van der Waals surface area contributed by atoms with E-state index in [-0.39, 0.29) is 6.10 Å². The zero-order valence-corrected chi connectivity index (χ0v) is 12.8. The molecule has 0 amide bonds. The maximum absolute atomic E-state index is 11.2. The van der Waals surface area contributed by atoms with Crippen LogP contribution in [0, 0.1) is 11.3 Å². The van der Waals surface area contributed by atoms with E-state index in [9.17, 15) is 10.1 Å². The smallest absolute Gasteiger partial charge is 0.305 e. The van der Waals surface area contributed by atoms with Gasteiger partial charge in [-0.3, -0.25) is 10.5 Å². The van der Waals surface area contributed by atoms with Crippen LogP contribution in [0.15, 0.2) is 18.2 Å². The van der Waals surface area contributed by atoms with E-state index < -0.39 is 11.7 Å². The van der Waals surface area contributed by atoms with Crippen molar-refractivity contribution in [1.29, 1.82) is 5.26 Å². The number of benzene rings is 1. The van der Waals surface area contributed by atoms with E-state index in [0.717, 1.165) is 25.7 Å². The fourth-order valence-electron chi connectivity index (χ4n) is 2.56. The molecule has 1 atom stereocenters. The molecule has 1 saturated carbocycles. The third kappa shape index (κ3) is 3.49. The molecule has 6 heteroatoms. The molecule has 0 radical (unpaired) electrons. The zero-order valence-electron chi connectivity index (χ0n) is 12.8. The molecule has 0 saturated heterocycles. The number of hydrogen-bond donors (Lipinski definition) is 1. The van der Waals surface area contributed by atoms with E-state index in [1.165, 1.54) is 6.92 Å². The summed E-state index contributed by atoms with van der Waals surface area (Å²) in [6, 6.07) is 6.67. The van der Waals surface area contributed by atoms with Crippen LogP contribution in [0.3, 0.4) is 0 Å². The molecule has 1 aromatic carbocycles. The molecule has 22 heavy (non-hydrogen) atoms. The highest BCUT2D eigenvalue weighted by Gasteiger charge is 2.32. The van der Waals surface area contributed by atoms with Crippen molar-refractivity contribution in [3.8, 4) is 17.6 Å². The third-order valence-electron chi connectivity index (χ3n) is 3.66. The highest BCUT2D eigenvalue weighted by Crippen LogP contribution is 2.35. The summed E-state index contributed by atoms with van der Waals surface area (Å²) in [5, 5.41) is 9.26. The minimum Gasteiger partial charge on any atom is -0.493 e. The first kappa shape index (κ1) is 16.1. The van der Waals surface area contributed by atoms with Gasteiger partial charge < -0.3 is 14.2 Å². The SMILES string of the molecule is COc1ccc(C(N)(C#N)OC(C)=O)cc1OC1CCCC1. The van der Waals surface area contributed by atoms with Crippen molar-refractivity contribution in [1.82, 2.24) is 0 Å². The molecule has 2 N–H and O–H groups in total. The summed E-state index contributed by atoms with van der Waals surface area (Å²) in [6.45, 7) is 1.21. The van der Waals surface area contributed by atoms with Gasteiger partial charge in [-0.15, -0.1) is 0 Å². The first-order valence-corrected chi connectivity index (χ1v) is 7.23. The molecule has 6 nitrogen and oxygen atoms in total. The van der Waals surface area contributed by atoms with Crippen molar-refractivity contribution in [2.45, 2.75) is 44.4 Å². The second kappa shape index (κ2) is 6.67. The number of esters is 1. The Morgan fingerprint density at radius 1 is 1.36 bits per heavy atom. The van der Waals surface area contributed by atoms with E-state index in [1.54, 1.807) is 25.3 Å². The zero-order chi connectivity index (χ0) is 16.2. The average molecular weight is 304 g/mol.